The van der Waals surface area contributed by atoms with Crippen molar-refractivity contribution in [2.45, 2.75) is 58.2 Å². The summed E-state index contributed by atoms with van der Waals surface area (Å²) in [7, 11) is 2.05. The Balaban J connectivity index is 1.54. The number of rotatable bonds is 4. The van der Waals surface area contributed by atoms with E-state index < -0.39 is 0 Å². The number of likely N-dealkylation sites (tertiary alicyclic amines) is 1. The molecule has 0 bridgehead atoms. The Morgan fingerprint density at radius 3 is 2.52 bits per heavy atom. The van der Waals surface area contributed by atoms with Gasteiger partial charge >= 0.3 is 0 Å². The molecule has 2 unspecified atom stereocenters. The number of hydrogen-bond donors (Lipinski definition) is 0. The molecule has 6 heteroatoms. The SMILES string of the molecule is CC1CN(C(C)C(=O)N2CCCCCC2)CCN1Cc1nccn1C. The van der Waals surface area contributed by atoms with E-state index in [0.717, 1.165) is 57.9 Å². The Labute approximate surface area is 151 Å². The minimum Gasteiger partial charge on any atom is -0.341 e. The van der Waals surface area contributed by atoms with E-state index in [-0.39, 0.29) is 6.04 Å². The molecule has 0 saturated carbocycles. The predicted octanol–water partition coefficient (Wildman–Crippen LogP) is 1.72. The fourth-order valence-electron chi connectivity index (χ4n) is 4.05. The van der Waals surface area contributed by atoms with E-state index in [1.165, 1.54) is 12.8 Å². The normalized spacial score (nSPS) is 24.9. The van der Waals surface area contributed by atoms with Gasteiger partial charge in [0, 0.05) is 58.2 Å². The standard InChI is InChI=1S/C19H33N5O/c1-16-14-24(13-12-23(16)15-18-20-8-11-21(18)3)17(2)19(25)22-9-6-4-5-7-10-22/h8,11,16-17H,4-7,9-10,12-15H2,1-3H3. The first kappa shape index (κ1) is 18.4. The second-order valence-electron chi connectivity index (χ2n) is 7.68. The van der Waals surface area contributed by atoms with Gasteiger partial charge in [0.25, 0.3) is 0 Å². The van der Waals surface area contributed by atoms with E-state index in [1.54, 1.807) is 0 Å². The molecule has 0 spiro atoms. The number of nitrogens with zero attached hydrogens (tertiary/aromatic N) is 5. The van der Waals surface area contributed by atoms with Crippen molar-refractivity contribution in [2.24, 2.45) is 7.05 Å². The predicted molar refractivity (Wildman–Crippen MR) is 99.2 cm³/mol. The lowest BCUT2D eigenvalue weighted by Crippen LogP contribution is -2.57. The molecule has 1 aromatic rings. The zero-order chi connectivity index (χ0) is 17.8. The Kier molecular flexibility index (Phi) is 6.12. The second-order valence-corrected chi connectivity index (χ2v) is 7.68. The summed E-state index contributed by atoms with van der Waals surface area (Å²) >= 11 is 0. The molecular weight excluding hydrogens is 314 g/mol. The average Bonchev–Trinajstić information content (AvgIpc) is 2.86. The van der Waals surface area contributed by atoms with Crippen LogP contribution in [0.15, 0.2) is 12.4 Å². The van der Waals surface area contributed by atoms with Crippen LogP contribution in [0, 0.1) is 0 Å². The molecule has 0 radical (unpaired) electrons. The van der Waals surface area contributed by atoms with Gasteiger partial charge < -0.3 is 9.47 Å². The Bertz CT molecular complexity index is 564. The number of aryl methyl sites for hydroxylation is 1. The van der Waals surface area contributed by atoms with Crippen molar-refractivity contribution < 1.29 is 4.79 Å². The van der Waals surface area contributed by atoms with E-state index in [0.29, 0.717) is 11.9 Å². The van der Waals surface area contributed by atoms with Gasteiger partial charge in [-0.2, -0.15) is 0 Å². The molecule has 25 heavy (non-hydrogen) atoms. The van der Waals surface area contributed by atoms with E-state index in [2.05, 4.69) is 38.1 Å². The zero-order valence-corrected chi connectivity index (χ0v) is 16.0. The topological polar surface area (TPSA) is 44.6 Å². The van der Waals surface area contributed by atoms with Crippen LogP contribution < -0.4 is 0 Å². The maximum atomic E-state index is 12.9. The van der Waals surface area contributed by atoms with Crippen LogP contribution in [0.1, 0.15) is 45.4 Å². The van der Waals surface area contributed by atoms with Gasteiger partial charge in [0.1, 0.15) is 5.82 Å². The quantitative estimate of drug-likeness (QED) is 0.832. The maximum Gasteiger partial charge on any atom is 0.239 e. The lowest BCUT2D eigenvalue weighted by atomic mass is 10.1. The first-order valence-electron chi connectivity index (χ1n) is 9.79. The van der Waals surface area contributed by atoms with Crippen molar-refractivity contribution in [1.82, 2.24) is 24.3 Å². The molecule has 140 valence electrons. The number of carbonyl (C=O) groups excluding carboxylic acids is 1. The minimum absolute atomic E-state index is 0.00383. The van der Waals surface area contributed by atoms with E-state index in [4.69, 9.17) is 0 Å². The summed E-state index contributed by atoms with van der Waals surface area (Å²) in [6.07, 6.45) is 8.71. The molecular formula is C19H33N5O. The number of amides is 1. The summed E-state index contributed by atoms with van der Waals surface area (Å²) in [5.74, 6) is 1.43. The molecule has 0 aliphatic carbocycles. The number of aromatic nitrogens is 2. The van der Waals surface area contributed by atoms with Crippen molar-refractivity contribution in [3.8, 4) is 0 Å². The third-order valence-electron chi connectivity index (χ3n) is 5.88. The number of hydrogen-bond acceptors (Lipinski definition) is 4. The van der Waals surface area contributed by atoms with Gasteiger partial charge in [-0.1, -0.05) is 12.8 Å². The smallest absolute Gasteiger partial charge is 0.239 e. The van der Waals surface area contributed by atoms with Crippen LogP contribution in [0.3, 0.4) is 0 Å². The van der Waals surface area contributed by atoms with Gasteiger partial charge in [-0.3, -0.25) is 14.6 Å². The molecule has 3 heterocycles. The first-order chi connectivity index (χ1) is 12.1. The molecule has 2 atom stereocenters. The van der Waals surface area contributed by atoms with Crippen LogP contribution >= 0.6 is 0 Å². The molecule has 2 aliphatic rings. The minimum atomic E-state index is -0.00383. The average molecular weight is 348 g/mol. The van der Waals surface area contributed by atoms with Gasteiger partial charge in [-0.05, 0) is 26.7 Å². The van der Waals surface area contributed by atoms with E-state index >= 15 is 0 Å². The highest BCUT2D eigenvalue weighted by Crippen LogP contribution is 2.18. The van der Waals surface area contributed by atoms with Crippen LogP contribution in [-0.4, -0.2) is 75.0 Å². The molecule has 1 aromatic heterocycles. The molecule has 0 N–H and O–H groups in total. The number of imidazole rings is 1. The maximum absolute atomic E-state index is 12.9. The number of carbonyl (C=O) groups is 1. The van der Waals surface area contributed by atoms with Gasteiger partial charge in [0.2, 0.25) is 5.91 Å². The van der Waals surface area contributed by atoms with Crippen LogP contribution in [0.5, 0.6) is 0 Å². The van der Waals surface area contributed by atoms with Crippen LogP contribution in [0.4, 0.5) is 0 Å². The van der Waals surface area contributed by atoms with Crippen molar-refractivity contribution in [2.75, 3.05) is 32.7 Å². The van der Waals surface area contributed by atoms with Crippen molar-refractivity contribution >= 4 is 5.91 Å². The van der Waals surface area contributed by atoms with E-state index in [9.17, 15) is 4.79 Å². The highest BCUT2D eigenvalue weighted by molar-refractivity contribution is 5.81. The summed E-state index contributed by atoms with van der Waals surface area (Å²) in [6, 6.07) is 0.431. The molecule has 2 fully saturated rings. The fourth-order valence-corrected chi connectivity index (χ4v) is 4.05. The fraction of sp³-hybridized carbons (Fsp3) is 0.789. The summed E-state index contributed by atoms with van der Waals surface area (Å²) in [5.41, 5.74) is 0. The van der Waals surface area contributed by atoms with Crippen molar-refractivity contribution in [3.63, 3.8) is 0 Å². The lowest BCUT2D eigenvalue weighted by molar-refractivity contribution is -0.137. The molecule has 2 aliphatic heterocycles. The zero-order valence-electron chi connectivity index (χ0n) is 16.0. The summed E-state index contributed by atoms with van der Waals surface area (Å²) in [6.45, 7) is 10.0. The van der Waals surface area contributed by atoms with Crippen LogP contribution in [-0.2, 0) is 18.4 Å². The molecule has 0 aromatic carbocycles. The summed E-state index contributed by atoms with van der Waals surface area (Å²) in [5, 5.41) is 0. The summed E-state index contributed by atoms with van der Waals surface area (Å²) in [4.78, 5) is 24.3. The second kappa shape index (κ2) is 8.32. The van der Waals surface area contributed by atoms with Crippen LogP contribution in [0.25, 0.3) is 0 Å². The number of piperazine rings is 1. The summed E-state index contributed by atoms with van der Waals surface area (Å²) < 4.78 is 2.09. The van der Waals surface area contributed by atoms with Gasteiger partial charge in [-0.25, -0.2) is 4.98 Å². The Morgan fingerprint density at radius 1 is 1.20 bits per heavy atom. The lowest BCUT2D eigenvalue weighted by Gasteiger charge is -2.42. The van der Waals surface area contributed by atoms with Gasteiger partial charge in [0.05, 0.1) is 12.6 Å². The molecule has 3 rings (SSSR count). The Morgan fingerprint density at radius 2 is 1.92 bits per heavy atom. The van der Waals surface area contributed by atoms with Crippen molar-refractivity contribution in [1.29, 1.82) is 0 Å². The van der Waals surface area contributed by atoms with Gasteiger partial charge in [0.15, 0.2) is 0 Å². The van der Waals surface area contributed by atoms with Crippen LogP contribution in [0.2, 0.25) is 0 Å². The Hall–Kier alpha value is -1.40. The largest absolute Gasteiger partial charge is 0.341 e. The molecule has 1 amide bonds. The van der Waals surface area contributed by atoms with Crippen molar-refractivity contribution in [3.05, 3.63) is 18.2 Å². The first-order valence-corrected chi connectivity index (χ1v) is 9.79. The third kappa shape index (κ3) is 4.42. The van der Waals surface area contributed by atoms with E-state index in [1.807, 2.05) is 19.4 Å². The van der Waals surface area contributed by atoms with Gasteiger partial charge in [-0.15, -0.1) is 0 Å². The molecule has 6 nitrogen and oxygen atoms in total. The third-order valence-corrected chi connectivity index (χ3v) is 5.88. The molecule has 2 saturated heterocycles. The highest BCUT2D eigenvalue weighted by Gasteiger charge is 2.32. The highest BCUT2D eigenvalue weighted by atomic mass is 16.2. The monoisotopic (exact) mass is 347 g/mol.